The molecule has 0 bridgehead atoms. The highest BCUT2D eigenvalue weighted by atomic mass is 16.5. The number of ether oxygens (including phenoxy) is 1. The van der Waals surface area contributed by atoms with Crippen LogP contribution in [0.15, 0.2) is 42.5 Å². The summed E-state index contributed by atoms with van der Waals surface area (Å²) < 4.78 is 5.50. The van der Waals surface area contributed by atoms with Gasteiger partial charge in [0, 0.05) is 11.5 Å². The van der Waals surface area contributed by atoms with E-state index in [9.17, 15) is 4.79 Å². The summed E-state index contributed by atoms with van der Waals surface area (Å²) in [7, 11) is 0. The van der Waals surface area contributed by atoms with Crippen LogP contribution in [-0.2, 0) is 4.74 Å². The molecule has 2 heteroatoms. The van der Waals surface area contributed by atoms with E-state index in [0.29, 0.717) is 6.61 Å². The van der Waals surface area contributed by atoms with Crippen molar-refractivity contribution in [2.75, 3.05) is 6.61 Å². The third kappa shape index (κ3) is 1.93. The summed E-state index contributed by atoms with van der Waals surface area (Å²) in [6.07, 6.45) is 1.04. The Kier molecular flexibility index (Phi) is 2.88. The van der Waals surface area contributed by atoms with Crippen LogP contribution in [0.5, 0.6) is 0 Å². The normalized spacial score (nSPS) is 23.4. The lowest BCUT2D eigenvalue weighted by Crippen LogP contribution is -2.15. The van der Waals surface area contributed by atoms with Crippen LogP contribution in [0.4, 0.5) is 0 Å². The largest absolute Gasteiger partial charge is 0.378 e. The van der Waals surface area contributed by atoms with Crippen LogP contribution in [0, 0.1) is 5.92 Å². The first kappa shape index (κ1) is 11.4. The zero-order valence-electron chi connectivity index (χ0n) is 10.4. The van der Waals surface area contributed by atoms with Crippen LogP contribution < -0.4 is 0 Å². The number of benzene rings is 2. The lowest BCUT2D eigenvalue weighted by molar-refractivity contribution is 0.0879. The smallest absolute Gasteiger partial charge is 0.168 e. The first-order chi connectivity index (χ1) is 8.75. The monoisotopic (exact) mass is 240 g/mol. The second-order valence-electron chi connectivity index (χ2n) is 4.97. The standard InChI is InChI=1S/C16H16O2/c1-11-9-13(10-18-11)16(17)15-8-4-6-12-5-2-3-7-14(12)15/h2-8,11,13H,9-10H2,1H3. The van der Waals surface area contributed by atoms with E-state index in [1.807, 2.05) is 49.4 Å². The number of hydrogen-bond acceptors (Lipinski definition) is 2. The lowest BCUT2D eigenvalue weighted by Gasteiger charge is -2.09. The maximum absolute atomic E-state index is 12.5. The van der Waals surface area contributed by atoms with Crippen molar-refractivity contribution in [1.29, 1.82) is 0 Å². The van der Waals surface area contributed by atoms with Crippen LogP contribution in [0.25, 0.3) is 10.8 Å². The van der Waals surface area contributed by atoms with Crippen molar-refractivity contribution in [2.24, 2.45) is 5.92 Å². The number of carbonyl (C=O) groups is 1. The fraction of sp³-hybridized carbons (Fsp3) is 0.312. The van der Waals surface area contributed by atoms with E-state index in [-0.39, 0.29) is 17.8 Å². The molecule has 18 heavy (non-hydrogen) atoms. The maximum atomic E-state index is 12.5. The average molecular weight is 240 g/mol. The number of fused-ring (bicyclic) bond motifs is 1. The van der Waals surface area contributed by atoms with Gasteiger partial charge in [-0.3, -0.25) is 4.79 Å². The molecule has 92 valence electrons. The maximum Gasteiger partial charge on any atom is 0.168 e. The number of hydrogen-bond donors (Lipinski definition) is 0. The van der Waals surface area contributed by atoms with Gasteiger partial charge in [-0.25, -0.2) is 0 Å². The molecule has 1 saturated heterocycles. The molecule has 0 amide bonds. The summed E-state index contributed by atoms with van der Waals surface area (Å²) in [6.45, 7) is 2.58. The molecule has 3 rings (SSSR count). The Morgan fingerprint density at radius 1 is 1.17 bits per heavy atom. The Balaban J connectivity index is 2.01. The second-order valence-corrected chi connectivity index (χ2v) is 4.97. The predicted octanol–water partition coefficient (Wildman–Crippen LogP) is 3.45. The van der Waals surface area contributed by atoms with Crippen molar-refractivity contribution in [3.63, 3.8) is 0 Å². The minimum absolute atomic E-state index is 0.0193. The summed E-state index contributed by atoms with van der Waals surface area (Å²) in [4.78, 5) is 12.5. The Bertz CT molecular complexity index is 583. The molecule has 2 aromatic rings. The number of rotatable bonds is 2. The Hall–Kier alpha value is -1.67. The van der Waals surface area contributed by atoms with Gasteiger partial charge in [0.15, 0.2) is 5.78 Å². The van der Waals surface area contributed by atoms with Crippen LogP contribution in [0.3, 0.4) is 0 Å². The van der Waals surface area contributed by atoms with Gasteiger partial charge in [-0.05, 0) is 24.1 Å². The van der Waals surface area contributed by atoms with Crippen molar-refractivity contribution in [1.82, 2.24) is 0 Å². The molecule has 2 atom stereocenters. The highest BCUT2D eigenvalue weighted by molar-refractivity contribution is 6.09. The van der Waals surface area contributed by atoms with E-state index in [4.69, 9.17) is 4.74 Å². The van der Waals surface area contributed by atoms with E-state index >= 15 is 0 Å². The Morgan fingerprint density at radius 3 is 2.72 bits per heavy atom. The molecule has 0 spiro atoms. The molecule has 2 unspecified atom stereocenters. The van der Waals surface area contributed by atoms with Crippen molar-refractivity contribution >= 4 is 16.6 Å². The third-order valence-electron chi connectivity index (χ3n) is 3.62. The van der Waals surface area contributed by atoms with Crippen molar-refractivity contribution in [3.8, 4) is 0 Å². The molecular formula is C16H16O2. The molecule has 1 aliphatic rings. The summed E-state index contributed by atoms with van der Waals surface area (Å²) in [5.74, 6) is 0.238. The van der Waals surface area contributed by atoms with Crippen molar-refractivity contribution in [2.45, 2.75) is 19.4 Å². The molecule has 0 radical (unpaired) electrons. The van der Waals surface area contributed by atoms with E-state index < -0.39 is 0 Å². The molecule has 1 fully saturated rings. The van der Waals surface area contributed by atoms with Crippen LogP contribution >= 0.6 is 0 Å². The van der Waals surface area contributed by atoms with Gasteiger partial charge in [0.25, 0.3) is 0 Å². The van der Waals surface area contributed by atoms with Gasteiger partial charge in [-0.1, -0.05) is 42.5 Å². The van der Waals surface area contributed by atoms with E-state index in [1.54, 1.807) is 0 Å². The quantitative estimate of drug-likeness (QED) is 0.751. The van der Waals surface area contributed by atoms with Crippen molar-refractivity contribution < 1.29 is 9.53 Å². The Labute approximate surface area is 107 Å². The molecular weight excluding hydrogens is 224 g/mol. The summed E-state index contributed by atoms with van der Waals surface area (Å²) in [6, 6.07) is 14.0. The van der Waals surface area contributed by atoms with Gasteiger partial charge in [-0.2, -0.15) is 0 Å². The second kappa shape index (κ2) is 4.54. The topological polar surface area (TPSA) is 26.3 Å². The Morgan fingerprint density at radius 2 is 1.94 bits per heavy atom. The molecule has 0 aromatic heterocycles. The van der Waals surface area contributed by atoms with Gasteiger partial charge >= 0.3 is 0 Å². The molecule has 2 nitrogen and oxygen atoms in total. The fourth-order valence-electron chi connectivity index (χ4n) is 2.66. The van der Waals surface area contributed by atoms with Crippen LogP contribution in [0.1, 0.15) is 23.7 Å². The number of ketones is 1. The molecule has 0 aliphatic carbocycles. The number of Topliss-reactive ketones (excluding diaryl/α,β-unsaturated/α-hetero) is 1. The van der Waals surface area contributed by atoms with E-state index in [2.05, 4.69) is 0 Å². The first-order valence-corrected chi connectivity index (χ1v) is 6.39. The minimum Gasteiger partial charge on any atom is -0.378 e. The van der Waals surface area contributed by atoms with Crippen LogP contribution in [0.2, 0.25) is 0 Å². The van der Waals surface area contributed by atoms with Crippen LogP contribution in [-0.4, -0.2) is 18.5 Å². The van der Waals surface area contributed by atoms with Gasteiger partial charge in [0.05, 0.1) is 12.7 Å². The summed E-state index contributed by atoms with van der Waals surface area (Å²) in [5, 5.41) is 2.17. The lowest BCUT2D eigenvalue weighted by atomic mass is 9.92. The molecule has 2 aromatic carbocycles. The highest BCUT2D eigenvalue weighted by Gasteiger charge is 2.29. The third-order valence-corrected chi connectivity index (χ3v) is 3.62. The fourth-order valence-corrected chi connectivity index (χ4v) is 2.66. The summed E-state index contributed by atoms with van der Waals surface area (Å²) in [5.41, 5.74) is 0.829. The number of carbonyl (C=O) groups excluding carboxylic acids is 1. The SMILES string of the molecule is CC1CC(C(=O)c2cccc3ccccc23)CO1. The summed E-state index contributed by atoms with van der Waals surface area (Å²) >= 11 is 0. The molecule has 0 saturated carbocycles. The predicted molar refractivity (Wildman–Crippen MR) is 71.8 cm³/mol. The zero-order valence-corrected chi connectivity index (χ0v) is 10.4. The highest BCUT2D eigenvalue weighted by Crippen LogP contribution is 2.27. The molecule has 1 heterocycles. The zero-order chi connectivity index (χ0) is 12.5. The molecule has 0 N–H and O–H groups in total. The first-order valence-electron chi connectivity index (χ1n) is 6.39. The van der Waals surface area contributed by atoms with Gasteiger partial charge in [0.2, 0.25) is 0 Å². The van der Waals surface area contributed by atoms with Crippen molar-refractivity contribution in [3.05, 3.63) is 48.0 Å². The van der Waals surface area contributed by atoms with Gasteiger partial charge in [0.1, 0.15) is 0 Å². The van der Waals surface area contributed by atoms with E-state index in [1.165, 1.54) is 0 Å². The van der Waals surface area contributed by atoms with Gasteiger partial charge < -0.3 is 4.74 Å². The van der Waals surface area contributed by atoms with Gasteiger partial charge in [-0.15, -0.1) is 0 Å². The average Bonchev–Trinajstić information content (AvgIpc) is 2.84. The minimum atomic E-state index is 0.0193. The molecule has 1 aliphatic heterocycles. The van der Waals surface area contributed by atoms with E-state index in [0.717, 1.165) is 22.8 Å².